The van der Waals surface area contributed by atoms with Crippen molar-refractivity contribution in [1.29, 1.82) is 0 Å². The first-order valence-corrected chi connectivity index (χ1v) is 7.95. The molecule has 0 saturated heterocycles. The maximum Gasteiger partial charge on any atom is 0.129 e. The van der Waals surface area contributed by atoms with E-state index in [-0.39, 0.29) is 6.04 Å². The molecule has 2 heterocycles. The van der Waals surface area contributed by atoms with Gasteiger partial charge in [-0.05, 0) is 39.5 Å². The molecule has 2 aromatic heterocycles. The van der Waals surface area contributed by atoms with Gasteiger partial charge < -0.3 is 10.1 Å². The monoisotopic (exact) mass is 331 g/mol. The lowest BCUT2D eigenvalue weighted by Crippen LogP contribution is -2.20. The zero-order valence-electron chi connectivity index (χ0n) is 9.70. The van der Waals surface area contributed by atoms with Gasteiger partial charge in [-0.2, -0.15) is 11.3 Å². The Hall–Kier alpha value is -0.360. The molecule has 0 aliphatic carbocycles. The van der Waals surface area contributed by atoms with E-state index < -0.39 is 0 Å². The van der Waals surface area contributed by atoms with Crippen molar-refractivity contribution in [3.05, 3.63) is 37.1 Å². The minimum absolute atomic E-state index is 0.245. The summed E-state index contributed by atoms with van der Waals surface area (Å²) in [5.41, 5.74) is 1.29. The Morgan fingerprint density at radius 2 is 2.24 bits per heavy atom. The van der Waals surface area contributed by atoms with Crippen LogP contribution in [0.1, 0.15) is 23.4 Å². The molecule has 1 atom stereocenters. The molecule has 1 unspecified atom stereocenters. The summed E-state index contributed by atoms with van der Waals surface area (Å²) in [5.74, 6) is 0.930. The number of rotatable bonds is 5. The highest BCUT2D eigenvalue weighted by molar-refractivity contribution is 9.10. The average molecular weight is 332 g/mol. The second-order valence-electron chi connectivity index (χ2n) is 3.55. The van der Waals surface area contributed by atoms with Gasteiger partial charge in [0.1, 0.15) is 5.75 Å². The van der Waals surface area contributed by atoms with Crippen LogP contribution in [0, 0.1) is 0 Å². The number of halogens is 1. The molecule has 2 rings (SSSR count). The van der Waals surface area contributed by atoms with Gasteiger partial charge in [-0.3, -0.25) is 0 Å². The van der Waals surface area contributed by atoms with E-state index in [0.717, 1.165) is 12.3 Å². The van der Waals surface area contributed by atoms with Gasteiger partial charge in [0, 0.05) is 20.1 Å². The Kier molecular flexibility index (Phi) is 4.62. The highest BCUT2D eigenvalue weighted by Gasteiger charge is 2.18. The van der Waals surface area contributed by atoms with Gasteiger partial charge in [0.2, 0.25) is 0 Å². The second kappa shape index (κ2) is 6.00. The van der Waals surface area contributed by atoms with E-state index >= 15 is 0 Å². The van der Waals surface area contributed by atoms with Crippen LogP contribution in [0.2, 0.25) is 0 Å². The summed E-state index contributed by atoms with van der Waals surface area (Å²) in [7, 11) is 1.70. The van der Waals surface area contributed by atoms with Crippen LogP contribution in [-0.2, 0) is 0 Å². The van der Waals surface area contributed by atoms with Gasteiger partial charge >= 0.3 is 0 Å². The fraction of sp³-hybridized carbons (Fsp3) is 0.333. The van der Waals surface area contributed by atoms with E-state index in [9.17, 15) is 0 Å². The number of thiophene rings is 2. The molecule has 1 N–H and O–H groups in total. The van der Waals surface area contributed by atoms with E-state index in [2.05, 4.69) is 45.0 Å². The molecule has 2 nitrogen and oxygen atoms in total. The molecule has 0 amide bonds. The molecule has 0 fully saturated rings. The molecule has 0 aliphatic heterocycles. The molecule has 0 radical (unpaired) electrons. The van der Waals surface area contributed by atoms with Crippen molar-refractivity contribution < 1.29 is 4.74 Å². The van der Waals surface area contributed by atoms with Crippen LogP contribution in [0.25, 0.3) is 0 Å². The van der Waals surface area contributed by atoms with Crippen LogP contribution >= 0.6 is 38.6 Å². The molecular formula is C12H14BrNOS2. The minimum atomic E-state index is 0.245. The van der Waals surface area contributed by atoms with Gasteiger partial charge in [0.25, 0.3) is 0 Å². The van der Waals surface area contributed by atoms with Crippen molar-refractivity contribution >= 4 is 38.6 Å². The predicted octanol–water partition coefficient (Wildman–Crippen LogP) is 4.28. The van der Waals surface area contributed by atoms with E-state index in [1.54, 1.807) is 29.8 Å². The first kappa shape index (κ1) is 13.1. The van der Waals surface area contributed by atoms with Crippen LogP contribution in [0.4, 0.5) is 0 Å². The highest BCUT2D eigenvalue weighted by Crippen LogP contribution is 2.35. The van der Waals surface area contributed by atoms with E-state index in [1.165, 1.54) is 14.9 Å². The van der Waals surface area contributed by atoms with Crippen LogP contribution < -0.4 is 10.1 Å². The number of hydrogen-bond donors (Lipinski definition) is 1. The Bertz CT molecular complexity index is 480. The number of methoxy groups -OCH3 is 1. The van der Waals surface area contributed by atoms with Crippen LogP contribution in [0.5, 0.6) is 5.75 Å². The van der Waals surface area contributed by atoms with Crippen molar-refractivity contribution in [2.45, 2.75) is 13.0 Å². The number of nitrogens with one attached hydrogen (secondary N) is 1. The van der Waals surface area contributed by atoms with Gasteiger partial charge in [-0.1, -0.05) is 6.92 Å². The van der Waals surface area contributed by atoms with Crippen molar-refractivity contribution in [3.8, 4) is 5.75 Å². The fourth-order valence-corrected chi connectivity index (χ4v) is 4.16. The summed E-state index contributed by atoms with van der Waals surface area (Å²) in [6.07, 6.45) is 0. The van der Waals surface area contributed by atoms with Crippen molar-refractivity contribution in [3.63, 3.8) is 0 Å². The van der Waals surface area contributed by atoms with Crippen LogP contribution in [-0.4, -0.2) is 13.7 Å². The number of ether oxygens (including phenoxy) is 1. The zero-order valence-corrected chi connectivity index (χ0v) is 12.9. The Morgan fingerprint density at radius 1 is 1.41 bits per heavy atom. The van der Waals surface area contributed by atoms with Crippen molar-refractivity contribution in [1.82, 2.24) is 5.32 Å². The lowest BCUT2D eigenvalue weighted by atomic mass is 10.1. The summed E-state index contributed by atoms with van der Waals surface area (Å²) >= 11 is 7.04. The largest absolute Gasteiger partial charge is 0.496 e. The predicted molar refractivity (Wildman–Crippen MR) is 78.4 cm³/mol. The van der Waals surface area contributed by atoms with Crippen LogP contribution in [0.3, 0.4) is 0 Å². The third-order valence-electron chi connectivity index (χ3n) is 2.48. The smallest absolute Gasteiger partial charge is 0.129 e. The standard InChI is InChI=1S/C12H14BrNOS2/c1-3-14-12(9-6-16-7-10(9)13)11-4-8(15-2)5-17-11/h4-7,12,14H,3H2,1-2H3. The minimum Gasteiger partial charge on any atom is -0.496 e. The molecule has 2 aromatic rings. The Labute approximate surface area is 118 Å². The molecule has 0 spiro atoms. The first-order valence-electron chi connectivity index (χ1n) is 5.33. The maximum absolute atomic E-state index is 5.24. The molecular weight excluding hydrogens is 318 g/mol. The van der Waals surface area contributed by atoms with Gasteiger partial charge in [-0.15, -0.1) is 11.3 Å². The van der Waals surface area contributed by atoms with Gasteiger partial charge in [0.05, 0.1) is 13.2 Å². The summed E-state index contributed by atoms with van der Waals surface area (Å²) in [6.45, 7) is 3.06. The quantitative estimate of drug-likeness (QED) is 0.882. The molecule has 0 bridgehead atoms. The van der Waals surface area contributed by atoms with Gasteiger partial charge in [-0.25, -0.2) is 0 Å². The second-order valence-corrected chi connectivity index (χ2v) is 6.10. The summed E-state index contributed by atoms with van der Waals surface area (Å²) < 4.78 is 6.41. The molecule has 17 heavy (non-hydrogen) atoms. The lowest BCUT2D eigenvalue weighted by Gasteiger charge is -2.15. The molecule has 0 aliphatic rings. The number of hydrogen-bond acceptors (Lipinski definition) is 4. The first-order chi connectivity index (χ1) is 8.26. The third kappa shape index (κ3) is 2.91. The summed E-state index contributed by atoms with van der Waals surface area (Å²) in [6, 6.07) is 2.34. The molecule has 5 heteroatoms. The topological polar surface area (TPSA) is 21.3 Å². The summed E-state index contributed by atoms with van der Waals surface area (Å²) in [4.78, 5) is 1.28. The van der Waals surface area contributed by atoms with Crippen molar-refractivity contribution in [2.75, 3.05) is 13.7 Å². The SMILES string of the molecule is CCNC(c1cc(OC)cs1)c1cscc1Br. The van der Waals surface area contributed by atoms with Crippen LogP contribution in [0.15, 0.2) is 26.7 Å². The average Bonchev–Trinajstić information content (AvgIpc) is 2.95. The Morgan fingerprint density at radius 3 is 2.76 bits per heavy atom. The van der Waals surface area contributed by atoms with E-state index in [1.807, 2.05) is 5.38 Å². The maximum atomic E-state index is 5.24. The van der Waals surface area contributed by atoms with Gasteiger partial charge in [0.15, 0.2) is 0 Å². The van der Waals surface area contributed by atoms with E-state index in [0.29, 0.717) is 0 Å². The molecule has 92 valence electrons. The highest BCUT2D eigenvalue weighted by atomic mass is 79.9. The normalized spacial score (nSPS) is 12.6. The third-order valence-corrected chi connectivity index (χ3v) is 5.20. The lowest BCUT2D eigenvalue weighted by molar-refractivity contribution is 0.416. The molecule has 0 saturated carbocycles. The fourth-order valence-electron chi connectivity index (χ4n) is 1.66. The summed E-state index contributed by atoms with van der Waals surface area (Å²) in [5, 5.41) is 9.85. The Balaban J connectivity index is 2.32. The zero-order chi connectivity index (χ0) is 12.3. The van der Waals surface area contributed by atoms with E-state index in [4.69, 9.17) is 4.74 Å². The van der Waals surface area contributed by atoms with Crippen molar-refractivity contribution in [2.24, 2.45) is 0 Å². The molecule has 0 aromatic carbocycles.